The molecular weight excluding hydrogens is 248 g/mol. The Bertz CT molecular complexity index is 312. The maximum Gasteiger partial charge on any atom is 0.323 e. The number of carbonyl (C=O) groups is 2. The molecule has 1 heterocycles. The van der Waals surface area contributed by atoms with Crippen LogP contribution in [0.15, 0.2) is 0 Å². The van der Waals surface area contributed by atoms with Crippen molar-refractivity contribution >= 4 is 12.0 Å². The number of aliphatic hydroxyl groups is 1. The van der Waals surface area contributed by atoms with E-state index in [9.17, 15) is 9.59 Å². The first kappa shape index (κ1) is 15.8. The third kappa shape index (κ3) is 5.06. The third-order valence-corrected chi connectivity index (χ3v) is 3.33. The standard InChI is InChI=1S/C13H24N2O4/c1-10(2)7-15(8-12(17)18)13(19)14-5-3-11(9-16)4-6-14/h10-11,16H,3-9H2,1-2H3,(H,17,18). The number of hydrogen-bond donors (Lipinski definition) is 2. The molecule has 0 aliphatic carbocycles. The van der Waals surface area contributed by atoms with Gasteiger partial charge in [-0.1, -0.05) is 13.8 Å². The van der Waals surface area contributed by atoms with Crippen LogP contribution in [0.3, 0.4) is 0 Å². The summed E-state index contributed by atoms with van der Waals surface area (Å²) in [6.07, 6.45) is 1.57. The lowest BCUT2D eigenvalue weighted by Crippen LogP contribution is -2.49. The van der Waals surface area contributed by atoms with Crippen molar-refractivity contribution in [3.05, 3.63) is 0 Å². The topological polar surface area (TPSA) is 81.1 Å². The smallest absolute Gasteiger partial charge is 0.323 e. The van der Waals surface area contributed by atoms with Crippen molar-refractivity contribution in [3.8, 4) is 0 Å². The van der Waals surface area contributed by atoms with Crippen molar-refractivity contribution < 1.29 is 19.8 Å². The second-order valence-electron chi connectivity index (χ2n) is 5.56. The Morgan fingerprint density at radius 2 is 1.89 bits per heavy atom. The summed E-state index contributed by atoms with van der Waals surface area (Å²) < 4.78 is 0. The highest BCUT2D eigenvalue weighted by Gasteiger charge is 2.27. The van der Waals surface area contributed by atoms with Gasteiger partial charge < -0.3 is 20.0 Å². The van der Waals surface area contributed by atoms with Crippen LogP contribution in [0.5, 0.6) is 0 Å². The van der Waals surface area contributed by atoms with Gasteiger partial charge in [0.05, 0.1) is 0 Å². The van der Waals surface area contributed by atoms with E-state index in [1.807, 2.05) is 13.8 Å². The molecular formula is C13H24N2O4. The first-order chi connectivity index (χ1) is 8.93. The molecule has 1 rings (SSSR count). The number of carbonyl (C=O) groups excluding carboxylic acids is 1. The number of carboxylic acids is 1. The van der Waals surface area contributed by atoms with Gasteiger partial charge in [0.25, 0.3) is 0 Å². The van der Waals surface area contributed by atoms with Crippen LogP contribution in [-0.4, -0.2) is 64.8 Å². The summed E-state index contributed by atoms with van der Waals surface area (Å²) in [5.74, 6) is -0.486. The van der Waals surface area contributed by atoms with Crippen LogP contribution in [0.25, 0.3) is 0 Å². The molecule has 0 radical (unpaired) electrons. The van der Waals surface area contributed by atoms with Crippen LogP contribution in [-0.2, 0) is 4.79 Å². The van der Waals surface area contributed by atoms with E-state index in [4.69, 9.17) is 10.2 Å². The average Bonchev–Trinajstić information content (AvgIpc) is 2.36. The SMILES string of the molecule is CC(C)CN(CC(=O)O)C(=O)N1CCC(CO)CC1. The summed E-state index contributed by atoms with van der Waals surface area (Å²) in [6.45, 7) is 5.46. The van der Waals surface area contributed by atoms with Crippen molar-refractivity contribution in [2.75, 3.05) is 32.8 Å². The van der Waals surface area contributed by atoms with Crippen LogP contribution in [0.4, 0.5) is 4.79 Å². The second kappa shape index (κ2) is 7.33. The summed E-state index contributed by atoms with van der Waals surface area (Å²) in [4.78, 5) is 26.2. The molecule has 0 unspecified atom stereocenters. The number of hydrogen-bond acceptors (Lipinski definition) is 3. The molecule has 2 amide bonds. The molecule has 6 nitrogen and oxygen atoms in total. The van der Waals surface area contributed by atoms with E-state index in [1.165, 1.54) is 4.90 Å². The summed E-state index contributed by atoms with van der Waals surface area (Å²) >= 11 is 0. The minimum absolute atomic E-state index is 0.160. The summed E-state index contributed by atoms with van der Waals surface area (Å²) in [6, 6.07) is -0.201. The van der Waals surface area contributed by atoms with E-state index < -0.39 is 5.97 Å². The first-order valence-corrected chi connectivity index (χ1v) is 6.80. The molecule has 0 aromatic heterocycles. The van der Waals surface area contributed by atoms with E-state index in [-0.39, 0.29) is 31.0 Å². The summed E-state index contributed by atoms with van der Waals surface area (Å²) in [5, 5.41) is 18.0. The maximum atomic E-state index is 12.3. The van der Waals surface area contributed by atoms with E-state index in [2.05, 4.69) is 0 Å². The number of amides is 2. The van der Waals surface area contributed by atoms with Gasteiger partial charge in [-0.2, -0.15) is 0 Å². The Morgan fingerprint density at radius 3 is 2.32 bits per heavy atom. The number of urea groups is 1. The Hall–Kier alpha value is -1.30. The van der Waals surface area contributed by atoms with E-state index in [0.717, 1.165) is 12.8 Å². The monoisotopic (exact) mass is 272 g/mol. The lowest BCUT2D eigenvalue weighted by molar-refractivity contribution is -0.137. The van der Waals surface area contributed by atoms with Gasteiger partial charge in [0.15, 0.2) is 0 Å². The highest BCUT2D eigenvalue weighted by Crippen LogP contribution is 2.18. The molecule has 110 valence electrons. The largest absolute Gasteiger partial charge is 0.480 e. The fourth-order valence-electron chi connectivity index (χ4n) is 2.32. The molecule has 0 aromatic carbocycles. The molecule has 0 aromatic rings. The first-order valence-electron chi connectivity index (χ1n) is 6.80. The normalized spacial score (nSPS) is 16.7. The molecule has 1 saturated heterocycles. The Labute approximate surface area is 114 Å². The Kier molecular flexibility index (Phi) is 6.08. The Morgan fingerprint density at radius 1 is 1.32 bits per heavy atom. The zero-order chi connectivity index (χ0) is 14.4. The van der Waals surface area contributed by atoms with Crippen LogP contribution in [0.2, 0.25) is 0 Å². The predicted octanol–water partition coefficient (Wildman–Crippen LogP) is 0.853. The number of aliphatic hydroxyl groups excluding tert-OH is 1. The van der Waals surface area contributed by atoms with Crippen LogP contribution < -0.4 is 0 Å². The van der Waals surface area contributed by atoms with Gasteiger partial charge >= 0.3 is 12.0 Å². The molecule has 1 fully saturated rings. The molecule has 0 spiro atoms. The fourth-order valence-corrected chi connectivity index (χ4v) is 2.32. The van der Waals surface area contributed by atoms with Crippen molar-refractivity contribution in [3.63, 3.8) is 0 Å². The van der Waals surface area contributed by atoms with Crippen molar-refractivity contribution in [2.45, 2.75) is 26.7 Å². The van der Waals surface area contributed by atoms with E-state index >= 15 is 0 Å². The molecule has 19 heavy (non-hydrogen) atoms. The number of aliphatic carboxylic acids is 1. The van der Waals surface area contributed by atoms with Gasteiger partial charge in [-0.15, -0.1) is 0 Å². The highest BCUT2D eigenvalue weighted by molar-refractivity contribution is 5.80. The molecule has 0 bridgehead atoms. The zero-order valence-corrected chi connectivity index (χ0v) is 11.7. The molecule has 0 saturated carbocycles. The number of piperidine rings is 1. The predicted molar refractivity (Wildman–Crippen MR) is 70.8 cm³/mol. The summed E-state index contributed by atoms with van der Waals surface area (Å²) in [5.41, 5.74) is 0. The minimum Gasteiger partial charge on any atom is -0.480 e. The van der Waals surface area contributed by atoms with E-state index in [1.54, 1.807) is 4.90 Å². The number of nitrogens with zero attached hydrogens (tertiary/aromatic N) is 2. The van der Waals surface area contributed by atoms with Gasteiger partial charge in [-0.05, 0) is 24.7 Å². The molecule has 1 aliphatic heterocycles. The average molecular weight is 272 g/mol. The zero-order valence-electron chi connectivity index (χ0n) is 11.7. The number of rotatable bonds is 5. The minimum atomic E-state index is -0.987. The van der Waals surface area contributed by atoms with Gasteiger partial charge in [-0.3, -0.25) is 4.79 Å². The van der Waals surface area contributed by atoms with E-state index in [0.29, 0.717) is 19.6 Å². The maximum absolute atomic E-state index is 12.3. The molecule has 0 atom stereocenters. The van der Waals surface area contributed by atoms with Gasteiger partial charge in [0.2, 0.25) is 0 Å². The quantitative estimate of drug-likeness (QED) is 0.777. The Balaban J connectivity index is 2.58. The van der Waals surface area contributed by atoms with Crippen LogP contribution >= 0.6 is 0 Å². The fraction of sp³-hybridized carbons (Fsp3) is 0.846. The lowest BCUT2D eigenvalue weighted by Gasteiger charge is -2.35. The lowest BCUT2D eigenvalue weighted by atomic mass is 9.98. The molecule has 6 heteroatoms. The van der Waals surface area contributed by atoms with Crippen LogP contribution in [0.1, 0.15) is 26.7 Å². The van der Waals surface area contributed by atoms with Gasteiger partial charge in [-0.25, -0.2) is 4.79 Å². The highest BCUT2D eigenvalue weighted by atomic mass is 16.4. The summed E-state index contributed by atoms with van der Waals surface area (Å²) in [7, 11) is 0. The van der Waals surface area contributed by atoms with Crippen LogP contribution in [0, 0.1) is 11.8 Å². The van der Waals surface area contributed by atoms with Crippen molar-refractivity contribution in [1.82, 2.24) is 9.80 Å². The number of carboxylic acid groups (broad SMARTS) is 1. The molecule has 2 N–H and O–H groups in total. The number of likely N-dealkylation sites (tertiary alicyclic amines) is 1. The van der Waals surface area contributed by atoms with Gasteiger partial charge in [0, 0.05) is 26.2 Å². The van der Waals surface area contributed by atoms with Gasteiger partial charge in [0.1, 0.15) is 6.54 Å². The van der Waals surface area contributed by atoms with Crippen molar-refractivity contribution in [2.24, 2.45) is 11.8 Å². The molecule has 1 aliphatic rings. The third-order valence-electron chi connectivity index (χ3n) is 3.33. The van der Waals surface area contributed by atoms with Crippen molar-refractivity contribution in [1.29, 1.82) is 0 Å². The second-order valence-corrected chi connectivity index (χ2v) is 5.56.